The molecule has 0 radical (unpaired) electrons. The first-order chi connectivity index (χ1) is 10.6. The largest absolute Gasteiger partial charge is 0.393 e. The number of fused-ring (bicyclic) bond motifs is 1. The Balaban J connectivity index is 1.61. The van der Waals surface area contributed by atoms with Gasteiger partial charge in [-0.2, -0.15) is 0 Å². The molecule has 3 rings (SSSR count). The van der Waals surface area contributed by atoms with Crippen molar-refractivity contribution in [1.29, 1.82) is 0 Å². The lowest BCUT2D eigenvalue weighted by Gasteiger charge is -2.27. The van der Waals surface area contributed by atoms with Crippen molar-refractivity contribution in [1.82, 2.24) is 10.2 Å². The third kappa shape index (κ3) is 2.98. The van der Waals surface area contributed by atoms with E-state index in [1.54, 1.807) is 4.90 Å². The standard InChI is InChI=1S/C18H26N2O2/c1-12-10-13-6-3-4-8-15(13)17(12)19-18(22)20(2)11-14-7-5-9-16(14)21/h3-4,6,8,12,14,16-17,21H,5,7,9-11H2,1-2H3,(H,19,22). The smallest absolute Gasteiger partial charge is 0.317 e. The summed E-state index contributed by atoms with van der Waals surface area (Å²) in [5, 5.41) is 13.1. The lowest BCUT2D eigenvalue weighted by Crippen LogP contribution is -2.43. The fourth-order valence-electron chi connectivity index (χ4n) is 3.92. The van der Waals surface area contributed by atoms with Crippen molar-refractivity contribution in [3.05, 3.63) is 35.4 Å². The van der Waals surface area contributed by atoms with Crippen molar-refractivity contribution in [2.24, 2.45) is 11.8 Å². The average molecular weight is 302 g/mol. The molecule has 2 N–H and O–H groups in total. The molecular weight excluding hydrogens is 276 g/mol. The Morgan fingerprint density at radius 2 is 2.14 bits per heavy atom. The van der Waals surface area contributed by atoms with Gasteiger partial charge in [-0.1, -0.05) is 37.6 Å². The maximum absolute atomic E-state index is 12.5. The van der Waals surface area contributed by atoms with Crippen LogP contribution in [0.3, 0.4) is 0 Å². The molecule has 0 heterocycles. The number of urea groups is 1. The molecule has 1 saturated carbocycles. The molecule has 1 aromatic rings. The normalized spacial score (nSPS) is 30.1. The number of nitrogens with zero attached hydrogens (tertiary/aromatic N) is 1. The minimum atomic E-state index is -0.249. The summed E-state index contributed by atoms with van der Waals surface area (Å²) in [7, 11) is 1.83. The number of nitrogens with one attached hydrogen (secondary N) is 1. The summed E-state index contributed by atoms with van der Waals surface area (Å²) in [4.78, 5) is 14.2. The SMILES string of the molecule is CC1Cc2ccccc2C1NC(=O)N(C)CC1CCCC1O. The molecular formula is C18H26N2O2. The number of aliphatic hydroxyl groups is 1. The van der Waals surface area contributed by atoms with Gasteiger partial charge in [-0.05, 0) is 36.3 Å². The highest BCUT2D eigenvalue weighted by Crippen LogP contribution is 2.35. The van der Waals surface area contributed by atoms with Crippen LogP contribution in [0.15, 0.2) is 24.3 Å². The van der Waals surface area contributed by atoms with E-state index in [0.717, 1.165) is 25.7 Å². The van der Waals surface area contributed by atoms with Gasteiger partial charge in [0.15, 0.2) is 0 Å². The van der Waals surface area contributed by atoms with Crippen molar-refractivity contribution in [3.8, 4) is 0 Å². The number of carbonyl (C=O) groups excluding carboxylic acids is 1. The third-order valence-electron chi connectivity index (χ3n) is 5.25. The summed E-state index contributed by atoms with van der Waals surface area (Å²) in [6, 6.07) is 8.42. The molecule has 0 spiro atoms. The summed E-state index contributed by atoms with van der Waals surface area (Å²) < 4.78 is 0. The van der Waals surface area contributed by atoms with Crippen molar-refractivity contribution in [2.75, 3.05) is 13.6 Å². The predicted molar refractivity (Wildman–Crippen MR) is 86.6 cm³/mol. The van der Waals surface area contributed by atoms with Crippen LogP contribution < -0.4 is 5.32 Å². The van der Waals surface area contributed by atoms with E-state index in [0.29, 0.717) is 12.5 Å². The number of amides is 2. The molecule has 4 atom stereocenters. The zero-order chi connectivity index (χ0) is 15.7. The van der Waals surface area contributed by atoms with Crippen LogP contribution in [0.4, 0.5) is 4.79 Å². The number of rotatable bonds is 3. The van der Waals surface area contributed by atoms with Crippen LogP contribution in [0.1, 0.15) is 43.4 Å². The Labute approximate surface area is 132 Å². The molecule has 22 heavy (non-hydrogen) atoms. The van der Waals surface area contributed by atoms with Crippen LogP contribution in [0.25, 0.3) is 0 Å². The molecule has 4 unspecified atom stereocenters. The van der Waals surface area contributed by atoms with Gasteiger partial charge >= 0.3 is 6.03 Å². The Hall–Kier alpha value is -1.55. The monoisotopic (exact) mass is 302 g/mol. The second kappa shape index (κ2) is 6.29. The summed E-state index contributed by atoms with van der Waals surface area (Å²) in [5.41, 5.74) is 2.59. The highest BCUT2D eigenvalue weighted by atomic mass is 16.3. The molecule has 0 aliphatic heterocycles. The molecule has 0 saturated heterocycles. The third-order valence-corrected chi connectivity index (χ3v) is 5.25. The average Bonchev–Trinajstić information content (AvgIpc) is 3.03. The highest BCUT2D eigenvalue weighted by Gasteiger charge is 2.32. The van der Waals surface area contributed by atoms with Crippen LogP contribution in [0.5, 0.6) is 0 Å². The molecule has 2 amide bonds. The second-order valence-corrected chi connectivity index (χ2v) is 6.95. The molecule has 4 heteroatoms. The topological polar surface area (TPSA) is 52.6 Å². The molecule has 120 valence electrons. The van der Waals surface area contributed by atoms with E-state index in [9.17, 15) is 9.90 Å². The number of hydrogen-bond acceptors (Lipinski definition) is 2. The quantitative estimate of drug-likeness (QED) is 0.902. The lowest BCUT2D eigenvalue weighted by molar-refractivity contribution is 0.113. The van der Waals surface area contributed by atoms with E-state index in [1.165, 1.54) is 11.1 Å². The van der Waals surface area contributed by atoms with E-state index >= 15 is 0 Å². The second-order valence-electron chi connectivity index (χ2n) is 6.95. The molecule has 2 aliphatic rings. The van der Waals surface area contributed by atoms with E-state index in [1.807, 2.05) is 13.1 Å². The molecule has 0 bridgehead atoms. The Bertz CT molecular complexity index is 546. The summed E-state index contributed by atoms with van der Waals surface area (Å²) >= 11 is 0. The Morgan fingerprint density at radius 1 is 1.36 bits per heavy atom. The van der Waals surface area contributed by atoms with Gasteiger partial charge in [0.1, 0.15) is 0 Å². The van der Waals surface area contributed by atoms with Crippen molar-refractivity contribution in [3.63, 3.8) is 0 Å². The number of hydrogen-bond donors (Lipinski definition) is 2. The number of aliphatic hydroxyl groups excluding tert-OH is 1. The minimum absolute atomic E-state index is 0.0346. The van der Waals surface area contributed by atoms with Crippen molar-refractivity contribution < 1.29 is 9.90 Å². The maximum Gasteiger partial charge on any atom is 0.317 e. The van der Waals surface area contributed by atoms with E-state index in [-0.39, 0.29) is 24.1 Å². The van der Waals surface area contributed by atoms with Crippen molar-refractivity contribution in [2.45, 2.75) is 44.8 Å². The fraction of sp³-hybridized carbons (Fsp3) is 0.611. The number of benzene rings is 1. The fourth-order valence-corrected chi connectivity index (χ4v) is 3.92. The van der Waals surface area contributed by atoms with Gasteiger partial charge in [-0.3, -0.25) is 0 Å². The first kappa shape index (κ1) is 15.3. The van der Waals surface area contributed by atoms with Gasteiger partial charge < -0.3 is 15.3 Å². The summed E-state index contributed by atoms with van der Waals surface area (Å²) in [6.07, 6.45) is 3.72. The van der Waals surface area contributed by atoms with Gasteiger partial charge in [-0.15, -0.1) is 0 Å². The minimum Gasteiger partial charge on any atom is -0.393 e. The van der Waals surface area contributed by atoms with Crippen LogP contribution >= 0.6 is 0 Å². The highest BCUT2D eigenvalue weighted by molar-refractivity contribution is 5.74. The van der Waals surface area contributed by atoms with E-state index in [4.69, 9.17) is 0 Å². The van der Waals surface area contributed by atoms with Gasteiger partial charge in [0.2, 0.25) is 0 Å². The first-order valence-corrected chi connectivity index (χ1v) is 8.33. The Morgan fingerprint density at radius 3 is 2.86 bits per heavy atom. The van der Waals surface area contributed by atoms with Crippen LogP contribution in [0, 0.1) is 11.8 Å². The first-order valence-electron chi connectivity index (χ1n) is 8.33. The van der Waals surface area contributed by atoms with Gasteiger partial charge in [-0.25, -0.2) is 4.79 Å². The molecule has 1 aromatic carbocycles. The van der Waals surface area contributed by atoms with Gasteiger partial charge in [0.05, 0.1) is 12.1 Å². The zero-order valence-electron chi connectivity index (χ0n) is 13.5. The molecule has 0 aromatic heterocycles. The van der Waals surface area contributed by atoms with Crippen LogP contribution in [0.2, 0.25) is 0 Å². The maximum atomic E-state index is 12.5. The predicted octanol–water partition coefficient (Wildman–Crippen LogP) is 2.72. The van der Waals surface area contributed by atoms with Gasteiger partial charge in [0.25, 0.3) is 0 Å². The number of carbonyl (C=O) groups is 1. The molecule has 1 fully saturated rings. The van der Waals surface area contributed by atoms with E-state index < -0.39 is 0 Å². The molecule has 4 nitrogen and oxygen atoms in total. The van der Waals surface area contributed by atoms with Gasteiger partial charge in [0, 0.05) is 19.5 Å². The van der Waals surface area contributed by atoms with Crippen molar-refractivity contribution >= 4 is 6.03 Å². The van der Waals surface area contributed by atoms with Crippen LogP contribution in [-0.4, -0.2) is 35.7 Å². The molecule has 2 aliphatic carbocycles. The Kier molecular flexibility index (Phi) is 4.39. The summed E-state index contributed by atoms with van der Waals surface area (Å²) in [5.74, 6) is 0.649. The van der Waals surface area contributed by atoms with E-state index in [2.05, 4.69) is 30.4 Å². The van der Waals surface area contributed by atoms with Crippen LogP contribution in [-0.2, 0) is 6.42 Å². The summed E-state index contributed by atoms with van der Waals surface area (Å²) in [6.45, 7) is 2.82. The zero-order valence-corrected chi connectivity index (χ0v) is 13.5. The lowest BCUT2D eigenvalue weighted by atomic mass is 10.0.